The maximum absolute atomic E-state index is 13.3. The summed E-state index contributed by atoms with van der Waals surface area (Å²) in [6.45, 7) is 5.59. The van der Waals surface area contributed by atoms with Gasteiger partial charge in [-0.25, -0.2) is 4.98 Å². The molecule has 2 aliphatic rings. The Hall–Kier alpha value is -1.91. The molecule has 1 saturated heterocycles. The van der Waals surface area contributed by atoms with E-state index in [2.05, 4.69) is 31.2 Å². The summed E-state index contributed by atoms with van der Waals surface area (Å²) in [5.74, 6) is 1.11. The summed E-state index contributed by atoms with van der Waals surface area (Å²) in [5, 5.41) is 1.86. The van der Waals surface area contributed by atoms with Crippen molar-refractivity contribution in [3.63, 3.8) is 0 Å². The van der Waals surface area contributed by atoms with Crippen molar-refractivity contribution >= 4 is 39.1 Å². The zero-order valence-corrected chi connectivity index (χ0v) is 17.0. The summed E-state index contributed by atoms with van der Waals surface area (Å²) in [6, 6.07) is 10.5. The minimum Gasteiger partial charge on any atom is -0.337 e. The third-order valence-electron chi connectivity index (χ3n) is 5.84. The van der Waals surface area contributed by atoms with Gasteiger partial charge >= 0.3 is 0 Å². The number of amides is 1. The van der Waals surface area contributed by atoms with Crippen LogP contribution in [0.2, 0.25) is 5.02 Å². The lowest BCUT2D eigenvalue weighted by atomic mass is 9.91. The van der Waals surface area contributed by atoms with E-state index in [1.54, 1.807) is 11.3 Å². The van der Waals surface area contributed by atoms with Gasteiger partial charge in [0.25, 0.3) is 5.91 Å². The van der Waals surface area contributed by atoms with E-state index in [-0.39, 0.29) is 5.91 Å². The quantitative estimate of drug-likeness (QED) is 0.570. The lowest BCUT2D eigenvalue weighted by molar-refractivity contribution is 0.0606. The van der Waals surface area contributed by atoms with Crippen LogP contribution in [0.3, 0.4) is 0 Å². The molecule has 0 bridgehead atoms. The minimum absolute atomic E-state index is 0.167. The molecule has 0 N–H and O–H groups in total. The fourth-order valence-electron chi connectivity index (χ4n) is 4.10. The van der Waals surface area contributed by atoms with E-state index < -0.39 is 0 Å². The van der Waals surface area contributed by atoms with Crippen LogP contribution in [0.25, 0.3) is 10.2 Å². The van der Waals surface area contributed by atoms with Crippen LogP contribution in [-0.4, -0.2) is 28.9 Å². The van der Waals surface area contributed by atoms with Gasteiger partial charge < -0.3 is 4.90 Å². The molecular formula is C22H21ClN2OS. The molecule has 1 aromatic carbocycles. The van der Waals surface area contributed by atoms with Crippen LogP contribution in [0.5, 0.6) is 0 Å². The lowest BCUT2D eigenvalue weighted by Crippen LogP contribution is -2.48. The van der Waals surface area contributed by atoms with Gasteiger partial charge in [-0.3, -0.25) is 4.79 Å². The Bertz CT molecular complexity index is 1050. The van der Waals surface area contributed by atoms with Gasteiger partial charge in [0.2, 0.25) is 0 Å². The highest BCUT2D eigenvalue weighted by Crippen LogP contribution is 2.50. The van der Waals surface area contributed by atoms with E-state index in [0.717, 1.165) is 57.3 Å². The first-order valence-corrected chi connectivity index (χ1v) is 10.7. The van der Waals surface area contributed by atoms with E-state index in [0.29, 0.717) is 11.8 Å². The average molecular weight is 397 g/mol. The van der Waals surface area contributed by atoms with Crippen LogP contribution in [0.1, 0.15) is 56.7 Å². The van der Waals surface area contributed by atoms with Gasteiger partial charge in [0.15, 0.2) is 0 Å². The fourth-order valence-corrected chi connectivity index (χ4v) is 5.57. The number of fused-ring (bicyclic) bond motifs is 1. The van der Waals surface area contributed by atoms with Crippen molar-refractivity contribution in [2.24, 2.45) is 0 Å². The van der Waals surface area contributed by atoms with Crippen molar-refractivity contribution < 1.29 is 4.79 Å². The first kappa shape index (κ1) is 17.2. The summed E-state index contributed by atoms with van der Waals surface area (Å²) in [4.78, 5) is 21.8. The first-order valence-electron chi connectivity index (χ1n) is 9.48. The zero-order chi connectivity index (χ0) is 18.7. The number of nitrogens with zero attached hydrogens (tertiary/aromatic N) is 2. The van der Waals surface area contributed by atoms with Crippen molar-refractivity contribution in [3.8, 4) is 0 Å². The zero-order valence-electron chi connectivity index (χ0n) is 15.5. The van der Waals surface area contributed by atoms with Crippen LogP contribution in [0.4, 0.5) is 0 Å². The number of rotatable bonds is 3. The minimum atomic E-state index is 0.167. The Morgan fingerprint density at radius 3 is 2.52 bits per heavy atom. The number of benzene rings is 1. The number of pyridine rings is 1. The number of hydrogen-bond donors (Lipinski definition) is 0. The Kier molecular flexibility index (Phi) is 4.03. The summed E-state index contributed by atoms with van der Waals surface area (Å²) in [5.41, 5.74) is 4.44. The van der Waals surface area contributed by atoms with E-state index in [1.165, 1.54) is 11.1 Å². The molecule has 1 aliphatic carbocycles. The molecule has 3 aromatic rings. The highest BCUT2D eigenvalue weighted by Gasteiger charge is 2.38. The first-order chi connectivity index (χ1) is 13.0. The van der Waals surface area contributed by atoms with E-state index >= 15 is 0 Å². The van der Waals surface area contributed by atoms with Crippen molar-refractivity contribution in [1.29, 1.82) is 0 Å². The molecule has 0 unspecified atom stereocenters. The predicted octanol–water partition coefficient (Wildman–Crippen LogP) is 5.68. The molecule has 3 heterocycles. The molecule has 3 nitrogen and oxygen atoms in total. The van der Waals surface area contributed by atoms with Crippen LogP contribution in [0, 0.1) is 13.8 Å². The smallest absolute Gasteiger partial charge is 0.264 e. The van der Waals surface area contributed by atoms with Gasteiger partial charge in [0.05, 0.1) is 15.6 Å². The summed E-state index contributed by atoms with van der Waals surface area (Å²) in [7, 11) is 0. The number of carbonyl (C=O) groups is 1. The second-order valence-corrected chi connectivity index (χ2v) is 9.13. The van der Waals surface area contributed by atoms with Gasteiger partial charge in [-0.05, 0) is 49.3 Å². The Labute approximate surface area is 168 Å². The Balaban J connectivity index is 1.49. The SMILES string of the molecule is Cc1nc2sc(C(=O)N3CC(c4ccccc4)C3)c(C3CC3)c2c(C)c1Cl. The number of thiophene rings is 1. The standard InChI is InChI=1S/C22H21ClN2OS/c1-12-17-18(15-8-9-15)20(27-21(17)24-13(2)19(12)23)22(26)25-10-16(11-25)14-6-4-3-5-7-14/h3-7,15-16H,8-11H2,1-2H3. The molecular weight excluding hydrogens is 376 g/mol. The number of aromatic nitrogens is 1. The molecule has 0 spiro atoms. The molecule has 138 valence electrons. The maximum Gasteiger partial charge on any atom is 0.264 e. The largest absolute Gasteiger partial charge is 0.337 e. The fraction of sp³-hybridized carbons (Fsp3) is 0.364. The highest BCUT2D eigenvalue weighted by molar-refractivity contribution is 7.20. The molecule has 1 aliphatic heterocycles. The summed E-state index contributed by atoms with van der Waals surface area (Å²) < 4.78 is 0. The number of likely N-dealkylation sites (tertiary alicyclic amines) is 1. The normalized spacial score (nSPS) is 17.4. The van der Waals surface area contributed by atoms with E-state index in [1.807, 2.05) is 17.9 Å². The molecule has 5 heteroatoms. The van der Waals surface area contributed by atoms with Gasteiger partial charge in [0, 0.05) is 24.4 Å². The Morgan fingerprint density at radius 1 is 1.15 bits per heavy atom. The molecule has 5 rings (SSSR count). The predicted molar refractivity (Wildman–Crippen MR) is 111 cm³/mol. The third kappa shape index (κ3) is 2.77. The van der Waals surface area contributed by atoms with Crippen molar-refractivity contribution in [2.45, 2.75) is 38.5 Å². The second-order valence-electron chi connectivity index (χ2n) is 7.75. The van der Waals surface area contributed by atoms with Gasteiger partial charge in [0.1, 0.15) is 4.83 Å². The lowest BCUT2D eigenvalue weighted by Gasteiger charge is -2.39. The summed E-state index contributed by atoms with van der Waals surface area (Å²) in [6.07, 6.45) is 2.31. The third-order valence-corrected chi connectivity index (χ3v) is 7.48. The monoisotopic (exact) mass is 396 g/mol. The topological polar surface area (TPSA) is 33.2 Å². The number of carbonyl (C=O) groups excluding carboxylic acids is 1. The van der Waals surface area contributed by atoms with E-state index in [9.17, 15) is 4.79 Å². The second kappa shape index (κ2) is 6.32. The van der Waals surface area contributed by atoms with Crippen molar-refractivity contribution in [3.05, 3.63) is 62.6 Å². The maximum atomic E-state index is 13.3. The van der Waals surface area contributed by atoms with Crippen LogP contribution >= 0.6 is 22.9 Å². The number of aryl methyl sites for hydroxylation is 2. The average Bonchev–Trinajstić information content (AvgIpc) is 3.40. The van der Waals surface area contributed by atoms with Crippen molar-refractivity contribution in [2.75, 3.05) is 13.1 Å². The van der Waals surface area contributed by atoms with E-state index in [4.69, 9.17) is 16.6 Å². The molecule has 2 fully saturated rings. The molecule has 2 aromatic heterocycles. The molecule has 0 atom stereocenters. The molecule has 0 radical (unpaired) electrons. The summed E-state index contributed by atoms with van der Waals surface area (Å²) >= 11 is 8.03. The number of hydrogen-bond acceptors (Lipinski definition) is 3. The highest BCUT2D eigenvalue weighted by atomic mass is 35.5. The molecule has 1 saturated carbocycles. The Morgan fingerprint density at radius 2 is 1.85 bits per heavy atom. The molecule has 1 amide bonds. The van der Waals surface area contributed by atoms with Crippen LogP contribution in [-0.2, 0) is 0 Å². The van der Waals surface area contributed by atoms with Crippen molar-refractivity contribution in [1.82, 2.24) is 9.88 Å². The van der Waals surface area contributed by atoms with Crippen LogP contribution in [0.15, 0.2) is 30.3 Å². The van der Waals surface area contributed by atoms with Gasteiger partial charge in [-0.1, -0.05) is 41.9 Å². The van der Waals surface area contributed by atoms with Gasteiger partial charge in [-0.15, -0.1) is 11.3 Å². The number of halogens is 1. The van der Waals surface area contributed by atoms with Crippen LogP contribution < -0.4 is 0 Å². The molecule has 27 heavy (non-hydrogen) atoms. The van der Waals surface area contributed by atoms with Gasteiger partial charge in [-0.2, -0.15) is 0 Å².